The van der Waals surface area contributed by atoms with E-state index in [4.69, 9.17) is 9.84 Å². The first-order valence-corrected chi connectivity index (χ1v) is 6.90. The number of carboxylic acid groups (broad SMARTS) is 1. The minimum absolute atomic E-state index is 0.225. The van der Waals surface area contributed by atoms with Gasteiger partial charge in [-0.15, -0.1) is 11.8 Å². The number of carbonyl (C=O) groups is 1. The lowest BCUT2D eigenvalue weighted by atomic mass is 10.1. The molecule has 0 unspecified atom stereocenters. The maximum atomic E-state index is 11.0. The summed E-state index contributed by atoms with van der Waals surface area (Å²) in [5.41, 5.74) is 1.13. The van der Waals surface area contributed by atoms with Crippen molar-refractivity contribution >= 4 is 17.7 Å². The van der Waals surface area contributed by atoms with Crippen LogP contribution in [0.25, 0.3) is 0 Å². The zero-order chi connectivity index (χ0) is 13.5. The molecule has 0 aliphatic rings. The van der Waals surface area contributed by atoms with Crippen molar-refractivity contribution in [3.05, 3.63) is 23.4 Å². The third-order valence-electron chi connectivity index (χ3n) is 2.40. The van der Waals surface area contributed by atoms with Gasteiger partial charge in [-0.1, -0.05) is 13.8 Å². The van der Waals surface area contributed by atoms with E-state index in [1.165, 1.54) is 0 Å². The van der Waals surface area contributed by atoms with E-state index in [1.807, 2.05) is 13.8 Å². The van der Waals surface area contributed by atoms with Crippen LogP contribution >= 0.6 is 11.8 Å². The van der Waals surface area contributed by atoms with Crippen molar-refractivity contribution in [2.45, 2.75) is 31.2 Å². The zero-order valence-electron chi connectivity index (χ0n) is 11.0. The Bertz CT molecular complexity index is 407. The molecule has 0 spiro atoms. The fourth-order valence-electron chi connectivity index (χ4n) is 1.40. The second-order valence-electron chi connectivity index (χ2n) is 4.27. The van der Waals surface area contributed by atoms with Crippen molar-refractivity contribution in [2.24, 2.45) is 0 Å². The van der Waals surface area contributed by atoms with Gasteiger partial charge in [-0.3, -0.25) is 0 Å². The molecule has 5 heteroatoms. The molecule has 0 amide bonds. The summed E-state index contributed by atoms with van der Waals surface area (Å²) in [6.07, 6.45) is 0.928. The molecule has 0 aliphatic carbocycles. The predicted octanol–water partition coefficient (Wildman–Crippen LogP) is 3.03. The van der Waals surface area contributed by atoms with Crippen LogP contribution in [0.3, 0.4) is 0 Å². The number of ether oxygens (including phenoxy) is 1. The SMILES string of the molecule is COCCCSc1cc(C(=O)O)cc(C(C)C)n1. The molecule has 4 nitrogen and oxygen atoms in total. The number of pyridine rings is 1. The summed E-state index contributed by atoms with van der Waals surface area (Å²) in [6.45, 7) is 4.73. The molecule has 1 aromatic rings. The van der Waals surface area contributed by atoms with Gasteiger partial charge in [0.05, 0.1) is 10.6 Å². The summed E-state index contributed by atoms with van der Waals surface area (Å²) in [6, 6.07) is 3.28. The molecular formula is C13H19NO3S. The summed E-state index contributed by atoms with van der Waals surface area (Å²) in [5.74, 6) is 0.196. The van der Waals surface area contributed by atoms with Crippen LogP contribution < -0.4 is 0 Å². The molecule has 1 rings (SSSR count). The van der Waals surface area contributed by atoms with E-state index in [2.05, 4.69) is 4.98 Å². The number of thioether (sulfide) groups is 1. The second-order valence-corrected chi connectivity index (χ2v) is 5.39. The van der Waals surface area contributed by atoms with Crippen molar-refractivity contribution in [1.82, 2.24) is 4.98 Å². The number of hydrogen-bond donors (Lipinski definition) is 1. The molecule has 0 aromatic carbocycles. The molecule has 0 saturated carbocycles. The van der Waals surface area contributed by atoms with Gasteiger partial charge in [-0.2, -0.15) is 0 Å². The molecule has 1 heterocycles. The molecule has 0 saturated heterocycles. The van der Waals surface area contributed by atoms with Gasteiger partial charge >= 0.3 is 5.97 Å². The normalized spacial score (nSPS) is 10.9. The quantitative estimate of drug-likeness (QED) is 0.609. The Balaban J connectivity index is 2.79. The summed E-state index contributed by atoms with van der Waals surface area (Å²) < 4.78 is 4.98. The summed E-state index contributed by atoms with van der Waals surface area (Å²) in [5, 5.41) is 9.84. The Labute approximate surface area is 112 Å². The molecule has 18 heavy (non-hydrogen) atoms. The van der Waals surface area contributed by atoms with Gasteiger partial charge in [0.2, 0.25) is 0 Å². The lowest BCUT2D eigenvalue weighted by molar-refractivity contribution is 0.0696. The standard InChI is InChI=1S/C13H19NO3S/c1-9(2)11-7-10(13(15)16)8-12(14-11)18-6-4-5-17-3/h7-9H,4-6H2,1-3H3,(H,15,16). The maximum Gasteiger partial charge on any atom is 0.335 e. The molecule has 0 aliphatic heterocycles. The first kappa shape index (κ1) is 15.0. The van der Waals surface area contributed by atoms with Crippen LogP contribution in [0.15, 0.2) is 17.2 Å². The number of aromatic carboxylic acids is 1. The van der Waals surface area contributed by atoms with Crippen molar-refractivity contribution < 1.29 is 14.6 Å². The van der Waals surface area contributed by atoms with Crippen molar-refractivity contribution in [3.63, 3.8) is 0 Å². The predicted molar refractivity (Wildman–Crippen MR) is 72.5 cm³/mol. The van der Waals surface area contributed by atoms with E-state index in [-0.39, 0.29) is 5.92 Å². The van der Waals surface area contributed by atoms with E-state index in [1.54, 1.807) is 31.0 Å². The Kier molecular flexibility index (Phi) is 6.15. The number of rotatable bonds is 7. The molecule has 100 valence electrons. The molecule has 1 N–H and O–H groups in total. The van der Waals surface area contributed by atoms with Gasteiger partial charge in [0.25, 0.3) is 0 Å². The second kappa shape index (κ2) is 7.38. The van der Waals surface area contributed by atoms with Crippen LogP contribution in [0.1, 0.15) is 42.2 Å². The van der Waals surface area contributed by atoms with E-state index >= 15 is 0 Å². The summed E-state index contributed by atoms with van der Waals surface area (Å²) >= 11 is 1.57. The number of hydrogen-bond acceptors (Lipinski definition) is 4. The fraction of sp³-hybridized carbons (Fsp3) is 0.538. The maximum absolute atomic E-state index is 11.0. The molecule has 0 bridgehead atoms. The first-order chi connectivity index (χ1) is 8.54. The van der Waals surface area contributed by atoms with Gasteiger partial charge in [0, 0.05) is 25.2 Å². The monoisotopic (exact) mass is 269 g/mol. The van der Waals surface area contributed by atoms with Gasteiger partial charge in [-0.25, -0.2) is 9.78 Å². The number of nitrogens with zero attached hydrogens (tertiary/aromatic N) is 1. The lowest BCUT2D eigenvalue weighted by Crippen LogP contribution is -2.03. The molecular weight excluding hydrogens is 250 g/mol. The molecule has 0 fully saturated rings. The van der Waals surface area contributed by atoms with Crippen LogP contribution in [-0.4, -0.2) is 35.5 Å². The van der Waals surface area contributed by atoms with Crippen LogP contribution in [-0.2, 0) is 4.74 Å². The van der Waals surface area contributed by atoms with Gasteiger partial charge < -0.3 is 9.84 Å². The Morgan fingerprint density at radius 3 is 2.78 bits per heavy atom. The third kappa shape index (κ3) is 4.66. The lowest BCUT2D eigenvalue weighted by Gasteiger charge is -2.09. The van der Waals surface area contributed by atoms with Crippen LogP contribution in [0.4, 0.5) is 0 Å². The summed E-state index contributed by atoms with van der Waals surface area (Å²) in [4.78, 5) is 15.5. The van der Waals surface area contributed by atoms with Crippen LogP contribution in [0, 0.1) is 0 Å². The smallest absolute Gasteiger partial charge is 0.335 e. The van der Waals surface area contributed by atoms with Crippen LogP contribution in [0.2, 0.25) is 0 Å². The third-order valence-corrected chi connectivity index (χ3v) is 3.40. The Morgan fingerprint density at radius 1 is 1.50 bits per heavy atom. The molecule has 0 atom stereocenters. The Morgan fingerprint density at radius 2 is 2.22 bits per heavy atom. The highest BCUT2D eigenvalue weighted by molar-refractivity contribution is 7.99. The van der Waals surface area contributed by atoms with E-state index < -0.39 is 5.97 Å². The number of carboxylic acids is 1. The van der Waals surface area contributed by atoms with Gasteiger partial charge in [0.15, 0.2) is 0 Å². The average Bonchev–Trinajstić information content (AvgIpc) is 2.34. The zero-order valence-corrected chi connectivity index (χ0v) is 11.8. The topological polar surface area (TPSA) is 59.4 Å². The van der Waals surface area contributed by atoms with E-state index in [9.17, 15) is 4.79 Å². The fourth-order valence-corrected chi connectivity index (χ4v) is 2.25. The Hall–Kier alpha value is -1.07. The minimum atomic E-state index is -0.905. The molecule has 1 aromatic heterocycles. The highest BCUT2D eigenvalue weighted by atomic mass is 32.2. The van der Waals surface area contributed by atoms with E-state index in [0.29, 0.717) is 12.2 Å². The highest BCUT2D eigenvalue weighted by Crippen LogP contribution is 2.22. The highest BCUT2D eigenvalue weighted by Gasteiger charge is 2.10. The summed E-state index contributed by atoms with van der Waals surface area (Å²) in [7, 11) is 1.67. The van der Waals surface area contributed by atoms with E-state index in [0.717, 1.165) is 22.9 Å². The number of aromatic nitrogens is 1. The van der Waals surface area contributed by atoms with Crippen molar-refractivity contribution in [1.29, 1.82) is 0 Å². The van der Waals surface area contributed by atoms with Crippen LogP contribution in [0.5, 0.6) is 0 Å². The largest absolute Gasteiger partial charge is 0.478 e. The number of methoxy groups -OCH3 is 1. The minimum Gasteiger partial charge on any atom is -0.478 e. The first-order valence-electron chi connectivity index (χ1n) is 5.91. The van der Waals surface area contributed by atoms with Gasteiger partial charge in [0.1, 0.15) is 0 Å². The van der Waals surface area contributed by atoms with Crippen molar-refractivity contribution in [3.8, 4) is 0 Å². The average molecular weight is 269 g/mol. The molecule has 0 radical (unpaired) electrons. The van der Waals surface area contributed by atoms with Crippen molar-refractivity contribution in [2.75, 3.05) is 19.5 Å². The van der Waals surface area contributed by atoms with Gasteiger partial charge in [-0.05, 0) is 24.5 Å².